The first-order valence-electron chi connectivity index (χ1n) is 11.4. The maximum absolute atomic E-state index is 12.1. The van der Waals surface area contributed by atoms with Crippen molar-refractivity contribution in [1.29, 1.82) is 0 Å². The standard InChI is InChI=1S/C23H35N5O3/c1-22(2,31)16-7-11-28(12-8-16)14-15-3-4-18(24)19(13-15)25-17-5-9-23(10-6-17)20(29)26-21(30)27-23/h3-4,13,16-17,25,31H,5-12,14,24H2,1-2H3,(H2,26,27,29,30). The van der Waals surface area contributed by atoms with E-state index in [0.29, 0.717) is 18.8 Å². The first kappa shape index (κ1) is 21.9. The SMILES string of the molecule is CC(C)(O)C1CCN(Cc2ccc(N)c(NC3CCC4(CC3)NC(=O)NC4=O)c2)CC1. The first-order valence-corrected chi connectivity index (χ1v) is 11.4. The van der Waals surface area contributed by atoms with Crippen molar-refractivity contribution in [2.75, 3.05) is 24.1 Å². The zero-order valence-corrected chi connectivity index (χ0v) is 18.5. The third-order valence-electron chi connectivity index (χ3n) is 7.32. The van der Waals surface area contributed by atoms with Gasteiger partial charge in [0, 0.05) is 12.6 Å². The van der Waals surface area contributed by atoms with E-state index in [1.807, 2.05) is 19.9 Å². The van der Waals surface area contributed by atoms with E-state index < -0.39 is 11.1 Å². The number of nitrogens with one attached hydrogen (secondary N) is 3. The Morgan fingerprint density at radius 3 is 2.45 bits per heavy atom. The minimum atomic E-state index is -0.738. The normalized spacial score (nSPS) is 27.9. The Hall–Kier alpha value is -2.32. The smallest absolute Gasteiger partial charge is 0.322 e. The first-order chi connectivity index (χ1) is 14.6. The second kappa shape index (κ2) is 8.31. The van der Waals surface area contributed by atoms with Crippen LogP contribution >= 0.6 is 0 Å². The second-order valence-corrected chi connectivity index (χ2v) is 10.0. The molecule has 1 spiro atoms. The largest absolute Gasteiger partial charge is 0.397 e. The van der Waals surface area contributed by atoms with Crippen LogP contribution in [0.1, 0.15) is 57.9 Å². The van der Waals surface area contributed by atoms with E-state index in [9.17, 15) is 14.7 Å². The number of nitrogens with zero attached hydrogens (tertiary/aromatic N) is 1. The van der Waals surface area contributed by atoms with Crippen LogP contribution in [0.3, 0.4) is 0 Å². The lowest BCUT2D eigenvalue weighted by Crippen LogP contribution is -2.51. The van der Waals surface area contributed by atoms with E-state index in [-0.39, 0.29) is 18.0 Å². The lowest BCUT2D eigenvalue weighted by Gasteiger charge is -2.38. The van der Waals surface area contributed by atoms with Crippen molar-refractivity contribution in [3.05, 3.63) is 23.8 Å². The fourth-order valence-corrected chi connectivity index (χ4v) is 5.24. The molecule has 8 heteroatoms. The van der Waals surface area contributed by atoms with E-state index in [0.717, 1.165) is 56.7 Å². The molecule has 4 rings (SSSR count). The minimum Gasteiger partial charge on any atom is -0.397 e. The number of carbonyl (C=O) groups is 2. The van der Waals surface area contributed by atoms with Gasteiger partial charge in [-0.3, -0.25) is 15.0 Å². The Labute approximate surface area is 183 Å². The number of rotatable bonds is 5. The monoisotopic (exact) mass is 429 g/mol. The topological polar surface area (TPSA) is 120 Å². The fraction of sp³-hybridized carbons (Fsp3) is 0.652. The molecule has 3 aliphatic rings. The summed E-state index contributed by atoms with van der Waals surface area (Å²) in [6.45, 7) is 6.66. The molecule has 0 unspecified atom stereocenters. The maximum Gasteiger partial charge on any atom is 0.322 e. The van der Waals surface area contributed by atoms with Crippen LogP contribution in [0.2, 0.25) is 0 Å². The zero-order chi connectivity index (χ0) is 22.2. The zero-order valence-electron chi connectivity index (χ0n) is 18.5. The van der Waals surface area contributed by atoms with Gasteiger partial charge in [0.2, 0.25) is 0 Å². The summed E-state index contributed by atoms with van der Waals surface area (Å²) in [4.78, 5) is 26.1. The molecular weight excluding hydrogens is 394 g/mol. The molecule has 2 heterocycles. The molecule has 2 saturated heterocycles. The molecule has 0 aromatic heterocycles. The Morgan fingerprint density at radius 1 is 1.19 bits per heavy atom. The van der Waals surface area contributed by atoms with Gasteiger partial charge in [-0.05, 0) is 89.1 Å². The lowest BCUT2D eigenvalue weighted by molar-refractivity contribution is -0.125. The maximum atomic E-state index is 12.1. The highest BCUT2D eigenvalue weighted by Crippen LogP contribution is 2.34. The summed E-state index contributed by atoms with van der Waals surface area (Å²) in [7, 11) is 0. The van der Waals surface area contributed by atoms with Crippen molar-refractivity contribution < 1.29 is 14.7 Å². The number of carbonyl (C=O) groups excluding carboxylic acids is 2. The van der Waals surface area contributed by atoms with Crippen molar-refractivity contribution in [3.8, 4) is 0 Å². The van der Waals surface area contributed by atoms with Gasteiger partial charge in [-0.25, -0.2) is 4.79 Å². The minimum absolute atomic E-state index is 0.203. The summed E-state index contributed by atoms with van der Waals surface area (Å²) in [5.41, 5.74) is 7.76. The molecule has 170 valence electrons. The van der Waals surface area contributed by atoms with Crippen LogP contribution in [0.15, 0.2) is 18.2 Å². The van der Waals surface area contributed by atoms with E-state index in [4.69, 9.17) is 5.73 Å². The van der Waals surface area contributed by atoms with Crippen molar-refractivity contribution >= 4 is 23.3 Å². The lowest BCUT2D eigenvalue weighted by atomic mass is 9.79. The third kappa shape index (κ3) is 4.80. The van der Waals surface area contributed by atoms with Gasteiger partial charge in [-0.2, -0.15) is 0 Å². The molecule has 3 fully saturated rings. The molecule has 0 radical (unpaired) electrons. The van der Waals surface area contributed by atoms with E-state index >= 15 is 0 Å². The number of nitrogen functional groups attached to an aromatic ring is 1. The predicted octanol–water partition coefficient (Wildman–Crippen LogP) is 2.18. The number of anilines is 2. The quantitative estimate of drug-likeness (QED) is 0.362. The fourth-order valence-electron chi connectivity index (χ4n) is 5.24. The van der Waals surface area contributed by atoms with Crippen molar-refractivity contribution in [2.24, 2.45) is 5.92 Å². The highest BCUT2D eigenvalue weighted by Gasteiger charge is 2.48. The summed E-state index contributed by atoms with van der Waals surface area (Å²) in [6, 6.07) is 6.00. The number of amides is 3. The molecule has 1 aliphatic carbocycles. The highest BCUT2D eigenvalue weighted by molar-refractivity contribution is 6.07. The summed E-state index contributed by atoms with van der Waals surface area (Å²) >= 11 is 0. The van der Waals surface area contributed by atoms with Crippen LogP contribution < -0.4 is 21.7 Å². The second-order valence-electron chi connectivity index (χ2n) is 10.0. The number of hydrogen-bond donors (Lipinski definition) is 5. The number of hydrogen-bond acceptors (Lipinski definition) is 6. The van der Waals surface area contributed by atoms with Crippen molar-refractivity contribution in [2.45, 2.75) is 76.1 Å². The van der Waals surface area contributed by atoms with Crippen LogP contribution in [-0.2, 0) is 11.3 Å². The average molecular weight is 430 g/mol. The molecule has 0 atom stereocenters. The average Bonchev–Trinajstić information content (AvgIpc) is 2.99. The summed E-state index contributed by atoms with van der Waals surface area (Å²) in [5.74, 6) is 0.152. The summed E-state index contributed by atoms with van der Waals surface area (Å²) in [5, 5.41) is 19.0. The van der Waals surface area contributed by atoms with Crippen LogP contribution in [0, 0.1) is 5.92 Å². The third-order valence-corrected chi connectivity index (χ3v) is 7.32. The van der Waals surface area contributed by atoms with Gasteiger partial charge in [-0.15, -0.1) is 0 Å². The van der Waals surface area contributed by atoms with E-state index in [2.05, 4.69) is 33.0 Å². The molecule has 2 aliphatic heterocycles. The molecule has 1 aromatic carbocycles. The number of imide groups is 1. The number of likely N-dealkylation sites (tertiary alicyclic amines) is 1. The Balaban J connectivity index is 1.33. The van der Waals surface area contributed by atoms with E-state index in [1.165, 1.54) is 5.56 Å². The summed E-state index contributed by atoms with van der Waals surface area (Å²) in [6.07, 6.45) is 4.86. The molecule has 6 N–H and O–H groups in total. The van der Waals surface area contributed by atoms with Gasteiger partial charge in [0.25, 0.3) is 5.91 Å². The number of benzene rings is 1. The van der Waals surface area contributed by atoms with Crippen molar-refractivity contribution in [1.82, 2.24) is 15.5 Å². The van der Waals surface area contributed by atoms with Crippen LogP contribution in [0.4, 0.5) is 16.2 Å². The number of piperidine rings is 1. The predicted molar refractivity (Wildman–Crippen MR) is 120 cm³/mol. The van der Waals surface area contributed by atoms with Gasteiger partial charge >= 0.3 is 6.03 Å². The van der Waals surface area contributed by atoms with Gasteiger partial charge < -0.3 is 21.5 Å². The highest BCUT2D eigenvalue weighted by atomic mass is 16.3. The molecule has 0 bridgehead atoms. The summed E-state index contributed by atoms with van der Waals surface area (Å²) < 4.78 is 0. The molecule has 1 aromatic rings. The molecule has 3 amide bonds. The molecule has 1 saturated carbocycles. The van der Waals surface area contributed by atoms with Crippen LogP contribution in [0.25, 0.3) is 0 Å². The Bertz CT molecular complexity index is 834. The number of urea groups is 1. The molecular formula is C23H35N5O3. The molecule has 8 nitrogen and oxygen atoms in total. The number of aliphatic hydroxyl groups is 1. The van der Waals surface area contributed by atoms with Gasteiger partial charge in [-0.1, -0.05) is 6.07 Å². The van der Waals surface area contributed by atoms with Gasteiger partial charge in [0.05, 0.1) is 17.0 Å². The van der Waals surface area contributed by atoms with E-state index in [1.54, 1.807) is 0 Å². The van der Waals surface area contributed by atoms with Crippen molar-refractivity contribution in [3.63, 3.8) is 0 Å². The van der Waals surface area contributed by atoms with Gasteiger partial charge in [0.15, 0.2) is 0 Å². The van der Waals surface area contributed by atoms with Crippen LogP contribution in [-0.4, -0.2) is 52.2 Å². The van der Waals surface area contributed by atoms with Gasteiger partial charge in [0.1, 0.15) is 5.54 Å². The Kier molecular flexibility index (Phi) is 5.87. The van der Waals surface area contributed by atoms with Crippen LogP contribution in [0.5, 0.6) is 0 Å². The Morgan fingerprint density at radius 2 is 1.87 bits per heavy atom. The number of nitrogens with two attached hydrogens (primary N) is 1. The molecule has 31 heavy (non-hydrogen) atoms.